The zero-order valence-corrected chi connectivity index (χ0v) is 11.1. The number of rotatable bonds is 4. The van der Waals surface area contributed by atoms with Crippen molar-refractivity contribution < 1.29 is 4.79 Å². The molecule has 5 nitrogen and oxygen atoms in total. The number of urea groups is 1. The molecule has 0 radical (unpaired) electrons. The average molecular weight is 258 g/mol. The molecule has 2 rings (SSSR count). The highest BCUT2D eigenvalue weighted by molar-refractivity contribution is 5.89. The van der Waals surface area contributed by atoms with Crippen molar-refractivity contribution in [2.75, 3.05) is 5.32 Å². The van der Waals surface area contributed by atoms with E-state index in [4.69, 9.17) is 0 Å². The Morgan fingerprint density at radius 3 is 2.74 bits per heavy atom. The number of benzene rings is 1. The number of hydrogen-bond donors (Lipinski definition) is 2. The Morgan fingerprint density at radius 2 is 2.11 bits per heavy atom. The first-order valence-electron chi connectivity index (χ1n) is 6.25. The number of nitrogens with zero attached hydrogens (tertiary/aromatic N) is 2. The van der Waals surface area contributed by atoms with Crippen molar-refractivity contribution in [3.05, 3.63) is 48.3 Å². The van der Waals surface area contributed by atoms with Crippen molar-refractivity contribution in [1.82, 2.24) is 15.1 Å². The third kappa shape index (κ3) is 4.13. The molecule has 1 aromatic carbocycles. The molecule has 19 heavy (non-hydrogen) atoms. The van der Waals surface area contributed by atoms with Gasteiger partial charge >= 0.3 is 6.03 Å². The third-order valence-corrected chi connectivity index (χ3v) is 2.71. The van der Waals surface area contributed by atoms with E-state index in [1.807, 2.05) is 50.4 Å². The lowest BCUT2D eigenvalue weighted by molar-refractivity contribution is 0.247. The van der Waals surface area contributed by atoms with Crippen LogP contribution in [0.4, 0.5) is 10.5 Å². The van der Waals surface area contributed by atoms with E-state index in [0.29, 0.717) is 6.54 Å². The molecule has 1 heterocycles. The third-order valence-electron chi connectivity index (χ3n) is 2.71. The van der Waals surface area contributed by atoms with Crippen LogP contribution in [0, 0.1) is 6.92 Å². The minimum atomic E-state index is -0.205. The fraction of sp³-hybridized carbons (Fsp3) is 0.286. The molecule has 2 N–H and O–H groups in total. The van der Waals surface area contributed by atoms with E-state index in [9.17, 15) is 4.79 Å². The zero-order chi connectivity index (χ0) is 13.7. The van der Waals surface area contributed by atoms with Crippen molar-refractivity contribution >= 4 is 11.7 Å². The Kier molecular flexibility index (Phi) is 4.18. The Balaban J connectivity index is 1.82. The van der Waals surface area contributed by atoms with Crippen LogP contribution in [-0.2, 0) is 6.54 Å². The van der Waals surface area contributed by atoms with Crippen LogP contribution in [0.15, 0.2) is 42.7 Å². The van der Waals surface area contributed by atoms with Gasteiger partial charge in [-0.2, -0.15) is 5.10 Å². The second-order valence-electron chi connectivity index (χ2n) is 4.59. The van der Waals surface area contributed by atoms with E-state index in [2.05, 4.69) is 15.7 Å². The van der Waals surface area contributed by atoms with Gasteiger partial charge in [0.2, 0.25) is 0 Å². The number of hydrogen-bond acceptors (Lipinski definition) is 2. The van der Waals surface area contributed by atoms with Crippen LogP contribution in [0.25, 0.3) is 0 Å². The van der Waals surface area contributed by atoms with Crippen LogP contribution < -0.4 is 10.6 Å². The summed E-state index contributed by atoms with van der Waals surface area (Å²) < 4.78 is 1.79. The summed E-state index contributed by atoms with van der Waals surface area (Å²) in [7, 11) is 0. The van der Waals surface area contributed by atoms with Gasteiger partial charge in [-0.1, -0.05) is 17.7 Å². The highest BCUT2D eigenvalue weighted by Gasteiger charge is 2.07. The van der Waals surface area contributed by atoms with Gasteiger partial charge in [0.05, 0.1) is 6.54 Å². The molecule has 0 saturated heterocycles. The monoisotopic (exact) mass is 258 g/mol. The number of carbonyl (C=O) groups is 1. The van der Waals surface area contributed by atoms with Gasteiger partial charge in [-0.25, -0.2) is 4.79 Å². The van der Waals surface area contributed by atoms with Crippen molar-refractivity contribution in [3.8, 4) is 0 Å². The predicted molar refractivity (Wildman–Crippen MR) is 75.0 cm³/mol. The van der Waals surface area contributed by atoms with Gasteiger partial charge in [0.15, 0.2) is 0 Å². The highest BCUT2D eigenvalue weighted by atomic mass is 16.2. The summed E-state index contributed by atoms with van der Waals surface area (Å²) in [5.74, 6) is 0. The highest BCUT2D eigenvalue weighted by Crippen LogP contribution is 2.08. The molecule has 0 bridgehead atoms. The summed E-state index contributed by atoms with van der Waals surface area (Å²) >= 11 is 0. The van der Waals surface area contributed by atoms with Gasteiger partial charge in [-0.15, -0.1) is 0 Å². The maximum Gasteiger partial charge on any atom is 0.319 e. The van der Waals surface area contributed by atoms with Crippen LogP contribution in [0.3, 0.4) is 0 Å². The van der Waals surface area contributed by atoms with Gasteiger partial charge in [-0.3, -0.25) is 4.68 Å². The molecule has 0 spiro atoms. The normalized spacial score (nSPS) is 11.9. The lowest BCUT2D eigenvalue weighted by Crippen LogP contribution is -2.38. The van der Waals surface area contributed by atoms with E-state index in [-0.39, 0.29) is 12.1 Å². The molecule has 0 saturated carbocycles. The van der Waals surface area contributed by atoms with Crippen LogP contribution in [0.2, 0.25) is 0 Å². The summed E-state index contributed by atoms with van der Waals surface area (Å²) in [6.07, 6.45) is 3.59. The predicted octanol–water partition coefficient (Wildman–Crippen LogP) is 2.40. The molecule has 0 aliphatic rings. The van der Waals surface area contributed by atoms with Crippen molar-refractivity contribution in [2.45, 2.75) is 26.4 Å². The Hall–Kier alpha value is -2.30. The van der Waals surface area contributed by atoms with Crippen LogP contribution in [0.5, 0.6) is 0 Å². The maximum atomic E-state index is 11.8. The average Bonchev–Trinajstić information content (AvgIpc) is 2.84. The number of aromatic nitrogens is 2. The molecule has 5 heteroatoms. The minimum Gasteiger partial charge on any atom is -0.334 e. The Morgan fingerprint density at radius 1 is 1.37 bits per heavy atom. The minimum absolute atomic E-state index is 0.00495. The van der Waals surface area contributed by atoms with E-state index < -0.39 is 0 Å². The SMILES string of the molecule is Cc1ccc(NC(=O)N[C@@H](C)Cn2cccn2)cc1. The molecule has 2 aromatic rings. The molecule has 1 aromatic heterocycles. The first kappa shape index (κ1) is 13.1. The molecular formula is C14H18N4O. The molecular weight excluding hydrogens is 240 g/mol. The molecule has 0 unspecified atom stereocenters. The van der Waals surface area contributed by atoms with Gasteiger partial charge in [0.25, 0.3) is 0 Å². The van der Waals surface area contributed by atoms with Gasteiger partial charge < -0.3 is 10.6 Å². The van der Waals surface area contributed by atoms with E-state index >= 15 is 0 Å². The van der Waals surface area contributed by atoms with Gasteiger partial charge in [0, 0.05) is 24.1 Å². The first-order valence-corrected chi connectivity index (χ1v) is 6.25. The summed E-state index contributed by atoms with van der Waals surface area (Å²) in [6.45, 7) is 4.60. The summed E-state index contributed by atoms with van der Waals surface area (Å²) in [4.78, 5) is 11.8. The van der Waals surface area contributed by atoms with E-state index in [1.54, 1.807) is 10.9 Å². The number of anilines is 1. The largest absolute Gasteiger partial charge is 0.334 e. The number of nitrogens with one attached hydrogen (secondary N) is 2. The number of carbonyl (C=O) groups excluding carboxylic acids is 1. The number of aryl methyl sites for hydroxylation is 1. The van der Waals surface area contributed by atoms with E-state index in [1.165, 1.54) is 0 Å². The lowest BCUT2D eigenvalue weighted by Gasteiger charge is -2.14. The Labute approximate surface area is 112 Å². The zero-order valence-electron chi connectivity index (χ0n) is 11.1. The maximum absolute atomic E-state index is 11.8. The quantitative estimate of drug-likeness (QED) is 0.884. The first-order chi connectivity index (χ1) is 9.13. The molecule has 0 aliphatic heterocycles. The van der Waals surface area contributed by atoms with Gasteiger partial charge in [-0.05, 0) is 32.0 Å². The van der Waals surface area contributed by atoms with Crippen LogP contribution in [0.1, 0.15) is 12.5 Å². The van der Waals surface area contributed by atoms with Crippen molar-refractivity contribution in [1.29, 1.82) is 0 Å². The second kappa shape index (κ2) is 6.04. The standard InChI is InChI=1S/C14H18N4O/c1-11-4-6-13(7-5-11)17-14(19)16-12(2)10-18-9-3-8-15-18/h3-9,12H,10H2,1-2H3,(H2,16,17,19)/t12-/m0/s1. The Bertz CT molecular complexity index is 519. The smallest absolute Gasteiger partial charge is 0.319 e. The fourth-order valence-corrected chi connectivity index (χ4v) is 1.76. The molecule has 100 valence electrons. The van der Waals surface area contributed by atoms with Crippen molar-refractivity contribution in [2.24, 2.45) is 0 Å². The summed E-state index contributed by atoms with van der Waals surface area (Å²) in [6, 6.07) is 9.35. The van der Waals surface area contributed by atoms with Crippen LogP contribution in [-0.4, -0.2) is 21.9 Å². The molecule has 1 atom stereocenters. The summed E-state index contributed by atoms with van der Waals surface area (Å²) in [5.41, 5.74) is 1.95. The van der Waals surface area contributed by atoms with E-state index in [0.717, 1.165) is 11.3 Å². The fourth-order valence-electron chi connectivity index (χ4n) is 1.76. The molecule has 0 fully saturated rings. The molecule has 0 aliphatic carbocycles. The summed E-state index contributed by atoms with van der Waals surface area (Å²) in [5, 5.41) is 9.77. The second-order valence-corrected chi connectivity index (χ2v) is 4.59. The van der Waals surface area contributed by atoms with Crippen LogP contribution >= 0.6 is 0 Å². The lowest BCUT2D eigenvalue weighted by atomic mass is 10.2. The topological polar surface area (TPSA) is 59.0 Å². The van der Waals surface area contributed by atoms with Gasteiger partial charge in [0.1, 0.15) is 0 Å². The number of amides is 2. The van der Waals surface area contributed by atoms with Crippen molar-refractivity contribution in [3.63, 3.8) is 0 Å². The molecule has 2 amide bonds.